The molecule has 4 aliphatic heterocycles. The summed E-state index contributed by atoms with van der Waals surface area (Å²) in [5.74, 6) is 0. The molecule has 6 heteroatoms. The van der Waals surface area contributed by atoms with Crippen molar-refractivity contribution in [2.75, 3.05) is 44.4 Å². The Morgan fingerprint density at radius 3 is 1.98 bits per heavy atom. The molecule has 0 amide bonds. The van der Waals surface area contributed by atoms with Crippen molar-refractivity contribution in [2.45, 2.75) is 78.8 Å². The second-order valence-electron chi connectivity index (χ2n) is 14.9. The monoisotopic (exact) mass is 585 g/mol. The Morgan fingerprint density at radius 1 is 0.767 bits per heavy atom. The minimum atomic E-state index is -0.210. The van der Waals surface area contributed by atoms with E-state index in [1.807, 2.05) is 0 Å². The lowest BCUT2D eigenvalue weighted by atomic mass is 9.81. The molecule has 43 heavy (non-hydrogen) atoms. The molecular weight excluding hydrogens is 536 g/mol. The molecule has 230 valence electrons. The van der Waals surface area contributed by atoms with Gasteiger partial charge >= 0.3 is 0 Å². The standard InChI is InChI=1S/C37H49N2O4/c1-34(2,32-40-20-21-41-32)24-38-28-16-11-9-14-26(28)36(5,6)30(38)18-13-19-31-37(7,8)27-15-10-12-17-29(27)39(31)25-35(3,4)33-42-22-23-43-33/h9-19,32-33H,20-25H2,1-8H3/q+1. The second kappa shape index (κ2) is 11.0. The molecule has 2 saturated heterocycles. The zero-order valence-corrected chi connectivity index (χ0v) is 27.3. The van der Waals surface area contributed by atoms with E-state index in [1.54, 1.807) is 0 Å². The highest BCUT2D eigenvalue weighted by Crippen LogP contribution is 2.49. The molecule has 0 atom stereocenters. The van der Waals surface area contributed by atoms with Gasteiger partial charge in [0.15, 0.2) is 24.8 Å². The molecule has 4 aliphatic rings. The van der Waals surface area contributed by atoms with E-state index in [9.17, 15) is 0 Å². The molecule has 0 saturated carbocycles. The van der Waals surface area contributed by atoms with E-state index >= 15 is 0 Å². The maximum absolute atomic E-state index is 5.98. The summed E-state index contributed by atoms with van der Waals surface area (Å²) < 4.78 is 26.4. The van der Waals surface area contributed by atoms with Crippen molar-refractivity contribution < 1.29 is 23.5 Å². The Bertz CT molecular complexity index is 1450. The Kier molecular flexibility index (Phi) is 7.73. The van der Waals surface area contributed by atoms with Crippen molar-refractivity contribution in [3.63, 3.8) is 0 Å². The van der Waals surface area contributed by atoms with Gasteiger partial charge in [-0.2, -0.15) is 4.58 Å². The second-order valence-corrected chi connectivity index (χ2v) is 14.9. The van der Waals surface area contributed by atoms with Crippen LogP contribution in [-0.4, -0.2) is 62.4 Å². The van der Waals surface area contributed by atoms with Gasteiger partial charge in [0, 0.05) is 46.5 Å². The highest BCUT2D eigenvalue weighted by molar-refractivity contribution is 6.03. The van der Waals surface area contributed by atoms with Gasteiger partial charge in [0.2, 0.25) is 5.69 Å². The number of anilines is 1. The summed E-state index contributed by atoms with van der Waals surface area (Å²) in [6.07, 6.45) is 6.49. The third-order valence-corrected chi connectivity index (χ3v) is 9.76. The van der Waals surface area contributed by atoms with Crippen molar-refractivity contribution in [3.05, 3.63) is 83.6 Å². The number of allylic oxidation sites excluding steroid dienone is 4. The predicted octanol–water partition coefficient (Wildman–Crippen LogP) is 7.10. The third-order valence-electron chi connectivity index (χ3n) is 9.76. The molecule has 0 bridgehead atoms. The summed E-state index contributed by atoms with van der Waals surface area (Å²) in [7, 11) is 0. The van der Waals surface area contributed by atoms with E-state index < -0.39 is 0 Å². The topological polar surface area (TPSA) is 43.2 Å². The lowest BCUT2D eigenvalue weighted by Crippen LogP contribution is -2.42. The first-order chi connectivity index (χ1) is 20.3. The molecule has 0 unspecified atom stereocenters. The van der Waals surface area contributed by atoms with Crippen LogP contribution in [0, 0.1) is 10.8 Å². The van der Waals surface area contributed by atoms with Crippen LogP contribution in [0.1, 0.15) is 66.5 Å². The van der Waals surface area contributed by atoms with Crippen molar-refractivity contribution in [1.29, 1.82) is 0 Å². The summed E-state index contributed by atoms with van der Waals surface area (Å²) in [6.45, 7) is 22.5. The van der Waals surface area contributed by atoms with Crippen molar-refractivity contribution in [2.24, 2.45) is 10.8 Å². The Labute approximate surface area is 258 Å². The van der Waals surface area contributed by atoms with Crippen LogP contribution in [0.25, 0.3) is 0 Å². The molecule has 6 nitrogen and oxygen atoms in total. The van der Waals surface area contributed by atoms with Crippen LogP contribution < -0.4 is 4.90 Å². The first-order valence-corrected chi connectivity index (χ1v) is 15.8. The molecule has 4 heterocycles. The van der Waals surface area contributed by atoms with Gasteiger partial charge in [-0.15, -0.1) is 0 Å². The first kappa shape index (κ1) is 30.3. The fourth-order valence-corrected chi connectivity index (χ4v) is 7.44. The van der Waals surface area contributed by atoms with Gasteiger partial charge in [-0.3, -0.25) is 0 Å². The molecule has 2 aromatic carbocycles. The van der Waals surface area contributed by atoms with Crippen LogP contribution in [-0.2, 0) is 29.8 Å². The largest absolute Gasteiger partial charge is 0.350 e. The zero-order valence-electron chi connectivity index (χ0n) is 27.3. The Hall–Kier alpha value is -2.77. The average Bonchev–Trinajstić information content (AvgIpc) is 3.76. The number of ether oxygens (including phenoxy) is 4. The zero-order chi connectivity index (χ0) is 30.6. The molecule has 0 N–H and O–H groups in total. The average molecular weight is 586 g/mol. The molecule has 6 rings (SSSR count). The fraction of sp³-hybridized carbons (Fsp3) is 0.541. The number of rotatable bonds is 8. The van der Waals surface area contributed by atoms with Crippen LogP contribution in [0.3, 0.4) is 0 Å². The minimum absolute atomic E-state index is 0.147. The maximum atomic E-state index is 5.98. The number of fused-ring (bicyclic) bond motifs is 2. The van der Waals surface area contributed by atoms with Gasteiger partial charge in [-0.1, -0.05) is 70.2 Å². The number of hydrogen-bond donors (Lipinski definition) is 0. The van der Waals surface area contributed by atoms with Gasteiger partial charge in [0.1, 0.15) is 0 Å². The van der Waals surface area contributed by atoms with Gasteiger partial charge in [0.05, 0.1) is 37.3 Å². The quantitative estimate of drug-likeness (QED) is 0.309. The van der Waals surface area contributed by atoms with Gasteiger partial charge in [-0.05, 0) is 45.4 Å². The highest BCUT2D eigenvalue weighted by atomic mass is 16.7. The maximum Gasteiger partial charge on any atom is 0.209 e. The highest BCUT2D eigenvalue weighted by Gasteiger charge is 2.48. The third kappa shape index (κ3) is 5.31. The predicted molar refractivity (Wildman–Crippen MR) is 172 cm³/mol. The smallest absolute Gasteiger partial charge is 0.209 e. The van der Waals surface area contributed by atoms with Crippen LogP contribution >= 0.6 is 0 Å². The summed E-state index contributed by atoms with van der Waals surface area (Å²) in [6, 6.07) is 17.6. The van der Waals surface area contributed by atoms with Crippen LogP contribution in [0.2, 0.25) is 0 Å². The van der Waals surface area contributed by atoms with Crippen molar-refractivity contribution in [3.8, 4) is 0 Å². The van der Waals surface area contributed by atoms with E-state index in [0.29, 0.717) is 26.4 Å². The van der Waals surface area contributed by atoms with E-state index in [1.165, 1.54) is 33.9 Å². The lowest BCUT2D eigenvalue weighted by Gasteiger charge is -2.37. The van der Waals surface area contributed by atoms with Crippen LogP contribution in [0.4, 0.5) is 11.4 Å². The Balaban J connectivity index is 1.39. The Morgan fingerprint density at radius 2 is 1.33 bits per heavy atom. The van der Waals surface area contributed by atoms with E-state index in [2.05, 4.69) is 132 Å². The van der Waals surface area contributed by atoms with Crippen LogP contribution in [0.5, 0.6) is 0 Å². The molecule has 2 aromatic rings. The molecule has 0 aliphatic carbocycles. The van der Waals surface area contributed by atoms with Crippen LogP contribution in [0.15, 0.2) is 72.5 Å². The summed E-state index contributed by atoms with van der Waals surface area (Å²) in [4.78, 5) is 2.49. The fourth-order valence-electron chi connectivity index (χ4n) is 7.44. The number of para-hydroxylation sites is 2. The molecule has 0 aromatic heterocycles. The number of nitrogens with zero attached hydrogens (tertiary/aromatic N) is 2. The van der Waals surface area contributed by atoms with E-state index in [4.69, 9.17) is 18.9 Å². The van der Waals surface area contributed by atoms with Crippen molar-refractivity contribution in [1.82, 2.24) is 0 Å². The van der Waals surface area contributed by atoms with E-state index in [0.717, 1.165) is 13.1 Å². The molecule has 0 spiro atoms. The normalized spacial score (nSPS) is 23.3. The van der Waals surface area contributed by atoms with Gasteiger partial charge < -0.3 is 23.8 Å². The minimum Gasteiger partial charge on any atom is -0.350 e. The number of hydrogen-bond acceptors (Lipinski definition) is 5. The number of benzene rings is 2. The lowest BCUT2D eigenvalue weighted by molar-refractivity contribution is -0.463. The molecule has 2 fully saturated rings. The SMILES string of the molecule is CC1(C)C(/C=C/C=C2/N(CC(C)(C)C3OCCO3)c3ccccc3C2(C)C)=[N+](CC(C)(C)C2OCCO2)c2ccccc21. The summed E-state index contributed by atoms with van der Waals surface area (Å²) in [5, 5.41) is 0. The van der Waals surface area contributed by atoms with E-state index in [-0.39, 0.29) is 34.2 Å². The first-order valence-electron chi connectivity index (χ1n) is 15.8. The van der Waals surface area contributed by atoms with Crippen molar-refractivity contribution >= 4 is 17.1 Å². The summed E-state index contributed by atoms with van der Waals surface area (Å²) in [5.41, 5.74) is 7.11. The van der Waals surface area contributed by atoms with Gasteiger partial charge in [-0.25, -0.2) is 0 Å². The molecule has 0 radical (unpaired) electrons. The summed E-state index contributed by atoms with van der Waals surface area (Å²) >= 11 is 0. The molecular formula is C37H49N2O4+. The van der Waals surface area contributed by atoms with Gasteiger partial charge in [0.25, 0.3) is 0 Å².